The van der Waals surface area contributed by atoms with Gasteiger partial charge in [-0.15, -0.1) is 0 Å². The highest BCUT2D eigenvalue weighted by molar-refractivity contribution is 5.93. The van der Waals surface area contributed by atoms with Crippen LogP contribution in [-0.2, 0) is 16.0 Å². The van der Waals surface area contributed by atoms with Crippen LogP contribution < -0.4 is 0 Å². The Balaban J connectivity index is 1.41. The van der Waals surface area contributed by atoms with Crippen LogP contribution in [0.25, 0.3) is 0 Å². The summed E-state index contributed by atoms with van der Waals surface area (Å²) in [5.41, 5.74) is 1.13. The fourth-order valence-corrected chi connectivity index (χ4v) is 4.15. The SMILES string of the molecule is O=C(CC1CC2CC2C1)N1C(=O)OCC1Cc1ccccc1. The maximum Gasteiger partial charge on any atom is 0.416 e. The number of carbonyl (C=O) groups is 2. The third kappa shape index (κ3) is 2.62. The predicted octanol–water partition coefficient (Wildman–Crippen LogP) is 3.01. The number of ether oxygens (including phenoxy) is 1. The van der Waals surface area contributed by atoms with Gasteiger partial charge in [0.15, 0.2) is 0 Å². The molecular weight excluding hydrogens is 278 g/mol. The molecule has 1 aromatic carbocycles. The van der Waals surface area contributed by atoms with Crippen LogP contribution in [0.3, 0.4) is 0 Å². The van der Waals surface area contributed by atoms with E-state index in [0.717, 1.165) is 17.4 Å². The maximum atomic E-state index is 12.6. The van der Waals surface area contributed by atoms with Gasteiger partial charge in [0.25, 0.3) is 0 Å². The molecule has 116 valence electrons. The van der Waals surface area contributed by atoms with Crippen molar-refractivity contribution >= 4 is 12.0 Å². The number of fused-ring (bicyclic) bond motifs is 1. The van der Waals surface area contributed by atoms with Crippen LogP contribution in [0.4, 0.5) is 4.79 Å². The Kier molecular flexibility index (Phi) is 3.40. The van der Waals surface area contributed by atoms with Crippen LogP contribution in [0.2, 0.25) is 0 Å². The lowest BCUT2D eigenvalue weighted by Crippen LogP contribution is -2.40. The van der Waals surface area contributed by atoms with Gasteiger partial charge >= 0.3 is 6.09 Å². The molecule has 0 spiro atoms. The van der Waals surface area contributed by atoms with Crippen LogP contribution in [-0.4, -0.2) is 29.5 Å². The first-order chi connectivity index (χ1) is 10.7. The van der Waals surface area contributed by atoms with Crippen molar-refractivity contribution in [3.8, 4) is 0 Å². The van der Waals surface area contributed by atoms with Gasteiger partial charge in [-0.1, -0.05) is 30.3 Å². The monoisotopic (exact) mass is 299 g/mol. The fraction of sp³-hybridized carbons (Fsp3) is 0.556. The summed E-state index contributed by atoms with van der Waals surface area (Å²) < 4.78 is 5.13. The number of nitrogens with zero attached hydrogens (tertiary/aromatic N) is 1. The van der Waals surface area contributed by atoms with E-state index in [1.165, 1.54) is 24.2 Å². The van der Waals surface area contributed by atoms with Gasteiger partial charge in [0, 0.05) is 6.42 Å². The molecular formula is C18H21NO3. The molecule has 0 bridgehead atoms. The summed E-state index contributed by atoms with van der Waals surface area (Å²) in [6.45, 7) is 0.315. The van der Waals surface area contributed by atoms with Gasteiger partial charge in [0.05, 0.1) is 6.04 Å². The molecule has 1 aliphatic heterocycles. The lowest BCUT2D eigenvalue weighted by Gasteiger charge is -2.21. The van der Waals surface area contributed by atoms with E-state index in [-0.39, 0.29) is 11.9 Å². The minimum Gasteiger partial charge on any atom is -0.447 e. The van der Waals surface area contributed by atoms with E-state index < -0.39 is 6.09 Å². The molecule has 2 amide bonds. The molecule has 4 heteroatoms. The molecule has 0 N–H and O–H groups in total. The van der Waals surface area contributed by atoms with Crippen molar-refractivity contribution in [1.29, 1.82) is 0 Å². The van der Waals surface area contributed by atoms with Crippen molar-refractivity contribution in [2.24, 2.45) is 17.8 Å². The van der Waals surface area contributed by atoms with Crippen molar-refractivity contribution in [3.05, 3.63) is 35.9 Å². The van der Waals surface area contributed by atoms with Gasteiger partial charge in [-0.05, 0) is 49.0 Å². The maximum absolute atomic E-state index is 12.6. The van der Waals surface area contributed by atoms with E-state index in [0.29, 0.717) is 25.4 Å². The second-order valence-corrected chi connectivity index (χ2v) is 6.98. The summed E-state index contributed by atoms with van der Waals surface area (Å²) in [5.74, 6) is 2.16. The Morgan fingerprint density at radius 1 is 1.14 bits per heavy atom. The number of cyclic esters (lactones) is 1. The molecule has 3 aliphatic rings. The second kappa shape index (κ2) is 5.41. The third-order valence-corrected chi connectivity index (χ3v) is 5.35. The van der Waals surface area contributed by atoms with E-state index in [1.54, 1.807) is 0 Å². The van der Waals surface area contributed by atoms with Crippen LogP contribution in [0.15, 0.2) is 30.3 Å². The average molecular weight is 299 g/mol. The second-order valence-electron chi connectivity index (χ2n) is 6.98. The molecule has 3 unspecified atom stereocenters. The highest BCUT2D eigenvalue weighted by atomic mass is 16.6. The fourth-order valence-electron chi connectivity index (χ4n) is 4.15. The zero-order valence-corrected chi connectivity index (χ0v) is 12.6. The quantitative estimate of drug-likeness (QED) is 0.858. The zero-order valence-electron chi connectivity index (χ0n) is 12.6. The molecule has 1 heterocycles. The third-order valence-electron chi connectivity index (χ3n) is 5.35. The largest absolute Gasteiger partial charge is 0.447 e. The number of amides is 2. The molecule has 0 aromatic heterocycles. The van der Waals surface area contributed by atoms with Crippen LogP contribution in [0.1, 0.15) is 31.2 Å². The first-order valence-electron chi connectivity index (χ1n) is 8.23. The Morgan fingerprint density at radius 2 is 1.86 bits per heavy atom. The smallest absolute Gasteiger partial charge is 0.416 e. The van der Waals surface area contributed by atoms with Gasteiger partial charge in [-0.25, -0.2) is 9.69 Å². The topological polar surface area (TPSA) is 46.6 Å². The predicted molar refractivity (Wildman–Crippen MR) is 81.1 cm³/mol. The minimum absolute atomic E-state index is 0.0465. The number of hydrogen-bond donors (Lipinski definition) is 0. The number of hydrogen-bond acceptors (Lipinski definition) is 3. The Hall–Kier alpha value is -1.84. The van der Waals surface area contributed by atoms with Crippen LogP contribution >= 0.6 is 0 Å². The Morgan fingerprint density at radius 3 is 2.59 bits per heavy atom. The molecule has 3 fully saturated rings. The molecule has 2 aliphatic carbocycles. The number of imide groups is 1. The van der Waals surface area contributed by atoms with Crippen LogP contribution in [0.5, 0.6) is 0 Å². The molecule has 3 atom stereocenters. The molecule has 2 saturated carbocycles. The molecule has 22 heavy (non-hydrogen) atoms. The molecule has 1 saturated heterocycles. The summed E-state index contributed by atoms with van der Waals surface area (Å²) in [5, 5.41) is 0. The first kappa shape index (κ1) is 13.8. The van der Waals surface area contributed by atoms with Crippen LogP contribution in [0, 0.1) is 17.8 Å². The zero-order chi connectivity index (χ0) is 15.1. The summed E-state index contributed by atoms with van der Waals surface area (Å²) in [6.07, 6.45) is 4.41. The van der Waals surface area contributed by atoms with Crippen molar-refractivity contribution in [2.45, 2.75) is 38.1 Å². The lowest BCUT2D eigenvalue weighted by atomic mass is 9.98. The van der Waals surface area contributed by atoms with Crippen molar-refractivity contribution in [3.63, 3.8) is 0 Å². The Labute approximate surface area is 130 Å². The van der Waals surface area contributed by atoms with Gasteiger partial charge in [0.2, 0.25) is 5.91 Å². The summed E-state index contributed by atoms with van der Waals surface area (Å²) in [7, 11) is 0. The summed E-state index contributed by atoms with van der Waals surface area (Å²) >= 11 is 0. The van der Waals surface area contributed by atoms with E-state index in [9.17, 15) is 9.59 Å². The number of benzene rings is 1. The molecule has 4 rings (SSSR count). The highest BCUT2D eigenvalue weighted by Gasteiger charge is 2.47. The molecule has 0 radical (unpaired) electrons. The van der Waals surface area contributed by atoms with E-state index in [4.69, 9.17) is 4.74 Å². The van der Waals surface area contributed by atoms with E-state index in [1.807, 2.05) is 30.3 Å². The summed E-state index contributed by atoms with van der Waals surface area (Å²) in [4.78, 5) is 25.9. The average Bonchev–Trinajstić information content (AvgIpc) is 2.95. The molecule has 1 aromatic rings. The number of rotatable bonds is 4. The lowest BCUT2D eigenvalue weighted by molar-refractivity contribution is -0.130. The van der Waals surface area contributed by atoms with Crippen molar-refractivity contribution in [1.82, 2.24) is 4.90 Å². The van der Waals surface area contributed by atoms with Gasteiger partial charge < -0.3 is 4.74 Å². The van der Waals surface area contributed by atoms with Gasteiger partial charge in [-0.3, -0.25) is 4.79 Å². The van der Waals surface area contributed by atoms with E-state index >= 15 is 0 Å². The highest BCUT2D eigenvalue weighted by Crippen LogP contribution is 2.55. The normalized spacial score (nSPS) is 32.7. The molecule has 4 nitrogen and oxygen atoms in total. The van der Waals surface area contributed by atoms with Gasteiger partial charge in [0.1, 0.15) is 6.61 Å². The number of carbonyl (C=O) groups excluding carboxylic acids is 2. The van der Waals surface area contributed by atoms with E-state index in [2.05, 4.69) is 0 Å². The van der Waals surface area contributed by atoms with Crippen molar-refractivity contribution < 1.29 is 14.3 Å². The standard InChI is InChI=1S/C18H21NO3/c20-17(9-13-6-14-10-15(14)7-13)19-16(11-22-18(19)21)8-12-4-2-1-3-5-12/h1-5,13-16H,6-11H2. The minimum atomic E-state index is -0.464. The first-order valence-corrected chi connectivity index (χ1v) is 8.23. The van der Waals surface area contributed by atoms with Gasteiger partial charge in [-0.2, -0.15) is 0 Å². The summed E-state index contributed by atoms with van der Waals surface area (Å²) in [6, 6.07) is 9.81. The van der Waals surface area contributed by atoms with Crippen molar-refractivity contribution in [2.75, 3.05) is 6.61 Å². The Bertz CT molecular complexity index is 575.